The number of rotatable bonds is 5. The zero-order valence-corrected chi connectivity index (χ0v) is 18.3. The molecule has 8 heteroatoms. The summed E-state index contributed by atoms with van der Waals surface area (Å²) >= 11 is 3.03. The number of amides is 1. The molecule has 0 spiro atoms. The fourth-order valence-corrected chi connectivity index (χ4v) is 6.71. The quantitative estimate of drug-likeness (QED) is 0.572. The number of benzene rings is 2. The lowest BCUT2D eigenvalue weighted by Gasteiger charge is -2.24. The van der Waals surface area contributed by atoms with E-state index in [1.54, 1.807) is 29.3 Å². The molecule has 0 aliphatic carbocycles. The van der Waals surface area contributed by atoms with E-state index in [0.717, 1.165) is 15.3 Å². The van der Waals surface area contributed by atoms with Crippen molar-refractivity contribution in [3.63, 3.8) is 0 Å². The van der Waals surface area contributed by atoms with Crippen molar-refractivity contribution in [2.24, 2.45) is 0 Å². The van der Waals surface area contributed by atoms with E-state index in [0.29, 0.717) is 17.9 Å². The number of methoxy groups -OCH3 is 1. The van der Waals surface area contributed by atoms with Gasteiger partial charge in [-0.15, -0.1) is 23.1 Å². The van der Waals surface area contributed by atoms with Gasteiger partial charge < -0.3 is 10.1 Å². The van der Waals surface area contributed by atoms with E-state index in [2.05, 4.69) is 5.32 Å². The van der Waals surface area contributed by atoms with Gasteiger partial charge in [0.15, 0.2) is 0 Å². The summed E-state index contributed by atoms with van der Waals surface area (Å²) in [6.07, 6.45) is 2.31. The molecule has 1 aliphatic rings. The molecule has 1 aromatic heterocycles. The van der Waals surface area contributed by atoms with Crippen LogP contribution in [0.25, 0.3) is 0 Å². The molecule has 1 aliphatic heterocycles. The van der Waals surface area contributed by atoms with E-state index in [9.17, 15) is 13.2 Å². The fourth-order valence-electron chi connectivity index (χ4n) is 3.39. The first kappa shape index (κ1) is 20.0. The van der Waals surface area contributed by atoms with E-state index in [1.807, 2.05) is 30.5 Å². The van der Waals surface area contributed by atoms with Crippen molar-refractivity contribution < 1.29 is 17.9 Å². The molecule has 0 saturated carbocycles. The lowest BCUT2D eigenvalue weighted by molar-refractivity contribution is -0.116. The monoisotopic (exact) mass is 445 g/mol. The standard InChI is InChI=1S/C21H19NO4S3/c1-26-14-5-9-16(10-6-14)29(24,25)18-12-28-21-17(11-19(23)22-20(18)21)13-3-7-15(27-2)8-4-13/h3-10,12,17H,11H2,1-2H3,(H,22,23). The molecule has 0 bridgehead atoms. The number of thioether (sulfide) groups is 1. The van der Waals surface area contributed by atoms with Crippen LogP contribution in [0.4, 0.5) is 5.69 Å². The summed E-state index contributed by atoms with van der Waals surface area (Å²) in [6, 6.07) is 14.3. The molecule has 1 N–H and O–H groups in total. The van der Waals surface area contributed by atoms with Gasteiger partial charge in [-0.2, -0.15) is 0 Å². The highest BCUT2D eigenvalue weighted by molar-refractivity contribution is 7.98. The van der Waals surface area contributed by atoms with Crippen LogP contribution in [0, 0.1) is 0 Å². The van der Waals surface area contributed by atoms with Crippen LogP contribution in [0.15, 0.2) is 68.6 Å². The number of ether oxygens (including phenoxy) is 1. The first-order valence-corrected chi connectivity index (χ1v) is 12.5. The average Bonchev–Trinajstić information content (AvgIpc) is 3.18. The summed E-state index contributed by atoms with van der Waals surface area (Å²) in [5.41, 5.74) is 1.41. The van der Waals surface area contributed by atoms with Crippen LogP contribution in [0.5, 0.6) is 5.75 Å². The highest BCUT2D eigenvalue weighted by atomic mass is 32.2. The first-order chi connectivity index (χ1) is 13.9. The zero-order chi connectivity index (χ0) is 20.6. The minimum atomic E-state index is -3.76. The maximum absolute atomic E-state index is 13.2. The predicted molar refractivity (Wildman–Crippen MR) is 116 cm³/mol. The van der Waals surface area contributed by atoms with Gasteiger partial charge in [-0.1, -0.05) is 12.1 Å². The molecule has 2 heterocycles. The Balaban J connectivity index is 1.76. The number of nitrogens with one attached hydrogen (secondary N) is 1. The summed E-state index contributed by atoms with van der Waals surface area (Å²) in [7, 11) is -2.24. The molecule has 0 fully saturated rings. The van der Waals surface area contributed by atoms with Crippen LogP contribution in [0.1, 0.15) is 22.8 Å². The minimum Gasteiger partial charge on any atom is -0.497 e. The van der Waals surface area contributed by atoms with Crippen molar-refractivity contribution in [3.8, 4) is 5.75 Å². The molecule has 5 nitrogen and oxygen atoms in total. The van der Waals surface area contributed by atoms with Crippen molar-refractivity contribution in [1.29, 1.82) is 0 Å². The normalized spacial score (nSPS) is 16.2. The molecular weight excluding hydrogens is 426 g/mol. The Labute approximate surface area is 178 Å². The van der Waals surface area contributed by atoms with Crippen molar-refractivity contribution in [1.82, 2.24) is 0 Å². The van der Waals surface area contributed by atoms with Crippen LogP contribution in [0.2, 0.25) is 0 Å². The summed E-state index contributed by atoms with van der Waals surface area (Å²) in [5.74, 6) is 0.249. The van der Waals surface area contributed by atoms with Crippen molar-refractivity contribution in [2.45, 2.75) is 27.0 Å². The zero-order valence-electron chi connectivity index (χ0n) is 15.8. The van der Waals surface area contributed by atoms with Crippen LogP contribution in [0.3, 0.4) is 0 Å². The van der Waals surface area contributed by atoms with Gasteiger partial charge in [0.1, 0.15) is 10.6 Å². The number of sulfone groups is 1. The fraction of sp³-hybridized carbons (Fsp3) is 0.190. The van der Waals surface area contributed by atoms with E-state index in [-0.39, 0.29) is 21.6 Å². The van der Waals surface area contributed by atoms with Gasteiger partial charge in [0.2, 0.25) is 15.7 Å². The second kappa shape index (κ2) is 7.85. The Bertz CT molecular complexity index is 1150. The second-order valence-corrected chi connectivity index (χ2v) is 10.3. The third-order valence-electron chi connectivity index (χ3n) is 4.93. The highest BCUT2D eigenvalue weighted by Gasteiger charge is 2.34. The Morgan fingerprint density at radius 2 is 1.79 bits per heavy atom. The third-order valence-corrected chi connectivity index (χ3v) is 8.72. The lowest BCUT2D eigenvalue weighted by Crippen LogP contribution is -2.23. The first-order valence-electron chi connectivity index (χ1n) is 8.88. The molecule has 4 rings (SSSR count). The van der Waals surface area contributed by atoms with Gasteiger partial charge in [-0.25, -0.2) is 8.42 Å². The number of thiophene rings is 1. The summed E-state index contributed by atoms with van der Waals surface area (Å²) in [5, 5.41) is 4.42. The molecule has 0 radical (unpaired) electrons. The SMILES string of the molecule is COc1ccc(S(=O)(=O)c2csc3c2NC(=O)CC3c2ccc(SC)cc2)cc1. The van der Waals surface area contributed by atoms with Crippen LogP contribution in [-0.2, 0) is 14.6 Å². The lowest BCUT2D eigenvalue weighted by atomic mass is 9.91. The van der Waals surface area contributed by atoms with Gasteiger partial charge in [0.25, 0.3) is 0 Å². The average molecular weight is 446 g/mol. The molecule has 3 aromatic rings. The smallest absolute Gasteiger partial charge is 0.225 e. The van der Waals surface area contributed by atoms with E-state index >= 15 is 0 Å². The number of carbonyl (C=O) groups excluding carboxylic acids is 1. The molecule has 29 heavy (non-hydrogen) atoms. The maximum Gasteiger partial charge on any atom is 0.225 e. The van der Waals surface area contributed by atoms with E-state index in [1.165, 1.54) is 30.6 Å². The Morgan fingerprint density at radius 3 is 2.41 bits per heavy atom. The number of carbonyl (C=O) groups is 1. The minimum absolute atomic E-state index is 0.140. The maximum atomic E-state index is 13.2. The molecule has 1 amide bonds. The van der Waals surface area contributed by atoms with Gasteiger partial charge >= 0.3 is 0 Å². The van der Waals surface area contributed by atoms with Gasteiger partial charge in [0, 0.05) is 27.5 Å². The van der Waals surface area contributed by atoms with Gasteiger partial charge in [-0.3, -0.25) is 4.79 Å². The highest BCUT2D eigenvalue weighted by Crippen LogP contribution is 2.46. The number of anilines is 1. The molecule has 1 atom stereocenters. The predicted octanol–water partition coefficient (Wildman–Crippen LogP) is 4.79. The molecule has 150 valence electrons. The van der Waals surface area contributed by atoms with Crippen molar-refractivity contribution in [3.05, 3.63) is 64.4 Å². The molecule has 0 saturated heterocycles. The van der Waals surface area contributed by atoms with Crippen LogP contribution in [-0.4, -0.2) is 27.7 Å². The van der Waals surface area contributed by atoms with Crippen molar-refractivity contribution in [2.75, 3.05) is 18.7 Å². The number of hydrogen-bond acceptors (Lipinski definition) is 6. The number of fused-ring (bicyclic) bond motifs is 1. The summed E-state index contributed by atoms with van der Waals surface area (Å²) < 4.78 is 31.5. The van der Waals surface area contributed by atoms with Gasteiger partial charge in [-0.05, 0) is 48.2 Å². The second-order valence-electron chi connectivity index (χ2n) is 6.60. The summed E-state index contributed by atoms with van der Waals surface area (Å²) in [4.78, 5) is 14.7. The van der Waals surface area contributed by atoms with E-state index < -0.39 is 9.84 Å². The molecular formula is C21H19NO4S3. The Kier molecular flexibility index (Phi) is 5.42. The topological polar surface area (TPSA) is 72.5 Å². The Hall–Kier alpha value is -2.29. The van der Waals surface area contributed by atoms with Crippen LogP contribution < -0.4 is 10.1 Å². The third kappa shape index (κ3) is 3.68. The van der Waals surface area contributed by atoms with Crippen molar-refractivity contribution >= 4 is 44.5 Å². The summed E-state index contributed by atoms with van der Waals surface area (Å²) in [6.45, 7) is 0. The number of hydrogen-bond donors (Lipinski definition) is 1. The largest absolute Gasteiger partial charge is 0.497 e. The van der Waals surface area contributed by atoms with Crippen LogP contribution >= 0.6 is 23.1 Å². The van der Waals surface area contributed by atoms with Gasteiger partial charge in [0.05, 0.1) is 17.7 Å². The molecule has 1 unspecified atom stereocenters. The molecule has 2 aromatic carbocycles. The van der Waals surface area contributed by atoms with E-state index in [4.69, 9.17) is 4.74 Å². The Morgan fingerprint density at radius 1 is 1.10 bits per heavy atom.